The number of hydrogen-bond donors (Lipinski definition) is 0. The second-order valence-corrected chi connectivity index (χ2v) is 3.59. The van der Waals surface area contributed by atoms with E-state index in [1.54, 1.807) is 7.11 Å². The molecule has 0 aliphatic rings. The summed E-state index contributed by atoms with van der Waals surface area (Å²) >= 11 is 0. The lowest BCUT2D eigenvalue weighted by Crippen LogP contribution is -1.86. The molecule has 0 N–H and O–H groups in total. The molecule has 82 valence electrons. The molecule has 0 aliphatic heterocycles. The highest BCUT2D eigenvalue weighted by atomic mass is 16.5. The molecule has 0 amide bonds. The number of ether oxygens (including phenoxy) is 2. The van der Waals surface area contributed by atoms with Crippen molar-refractivity contribution in [2.75, 3.05) is 7.11 Å². The monoisotopic (exact) mass is 214 g/mol. The van der Waals surface area contributed by atoms with Crippen molar-refractivity contribution in [3.8, 4) is 17.2 Å². The minimum Gasteiger partial charge on any atom is -0.497 e. The third-order valence-corrected chi connectivity index (χ3v) is 2.30. The van der Waals surface area contributed by atoms with E-state index < -0.39 is 0 Å². The van der Waals surface area contributed by atoms with Crippen LogP contribution in [0.5, 0.6) is 17.2 Å². The van der Waals surface area contributed by atoms with Crippen molar-refractivity contribution < 1.29 is 9.47 Å². The molecule has 2 nitrogen and oxygen atoms in total. The highest BCUT2D eigenvalue weighted by Crippen LogP contribution is 2.25. The Bertz CT molecular complexity index is 460. The molecule has 2 aromatic rings. The Morgan fingerprint density at radius 3 is 2.19 bits per heavy atom. The molecule has 2 rings (SSSR count). The van der Waals surface area contributed by atoms with Crippen LogP contribution in [0, 0.1) is 6.92 Å². The van der Waals surface area contributed by atoms with E-state index in [2.05, 4.69) is 6.92 Å². The molecule has 0 aromatic heterocycles. The summed E-state index contributed by atoms with van der Waals surface area (Å²) in [7, 11) is 1.64. The summed E-state index contributed by atoms with van der Waals surface area (Å²) in [5.74, 6) is 2.41. The van der Waals surface area contributed by atoms with Gasteiger partial charge in [-0.15, -0.1) is 0 Å². The minimum atomic E-state index is 0.781. The second kappa shape index (κ2) is 4.71. The molecular weight excluding hydrogens is 200 g/mol. The van der Waals surface area contributed by atoms with Crippen molar-refractivity contribution in [2.24, 2.45) is 0 Å². The topological polar surface area (TPSA) is 18.5 Å². The fourth-order valence-corrected chi connectivity index (χ4v) is 1.41. The van der Waals surface area contributed by atoms with Gasteiger partial charge >= 0.3 is 0 Å². The third kappa shape index (κ3) is 2.54. The summed E-state index contributed by atoms with van der Waals surface area (Å²) in [5.41, 5.74) is 1.22. The van der Waals surface area contributed by atoms with Gasteiger partial charge in [-0.05, 0) is 31.2 Å². The summed E-state index contributed by atoms with van der Waals surface area (Å²) in [6, 6.07) is 15.5. The van der Waals surface area contributed by atoms with E-state index in [-0.39, 0.29) is 0 Å². The van der Waals surface area contributed by atoms with Gasteiger partial charge in [-0.25, -0.2) is 0 Å². The second-order valence-electron chi connectivity index (χ2n) is 3.59. The molecule has 2 heteroatoms. The normalized spacial score (nSPS) is 9.88. The molecule has 0 fully saturated rings. The van der Waals surface area contributed by atoms with E-state index in [1.165, 1.54) is 5.56 Å². The number of aryl methyl sites for hydroxylation is 1. The van der Waals surface area contributed by atoms with E-state index >= 15 is 0 Å². The zero-order chi connectivity index (χ0) is 11.4. The van der Waals surface area contributed by atoms with Gasteiger partial charge in [0.05, 0.1) is 7.11 Å². The SMILES string of the molecule is COc1cccc(Oc2ccc(C)cc2)c1. The first-order valence-corrected chi connectivity index (χ1v) is 5.16. The Labute approximate surface area is 95.4 Å². The van der Waals surface area contributed by atoms with Crippen molar-refractivity contribution in [1.82, 2.24) is 0 Å². The predicted molar refractivity (Wildman–Crippen MR) is 64.2 cm³/mol. The van der Waals surface area contributed by atoms with E-state index in [4.69, 9.17) is 9.47 Å². The third-order valence-electron chi connectivity index (χ3n) is 2.30. The van der Waals surface area contributed by atoms with Crippen LogP contribution in [-0.4, -0.2) is 7.11 Å². The molecule has 0 radical (unpaired) electrons. The van der Waals surface area contributed by atoms with Gasteiger partial charge in [-0.3, -0.25) is 0 Å². The summed E-state index contributed by atoms with van der Waals surface area (Å²) in [5, 5.41) is 0. The zero-order valence-electron chi connectivity index (χ0n) is 9.44. The fraction of sp³-hybridized carbons (Fsp3) is 0.143. The van der Waals surface area contributed by atoms with Crippen LogP contribution in [-0.2, 0) is 0 Å². The number of benzene rings is 2. The van der Waals surface area contributed by atoms with E-state index in [0.717, 1.165) is 17.2 Å². The van der Waals surface area contributed by atoms with E-state index in [1.807, 2.05) is 48.5 Å². The Kier molecular flexibility index (Phi) is 3.10. The number of rotatable bonds is 3. The Morgan fingerprint density at radius 2 is 1.50 bits per heavy atom. The van der Waals surface area contributed by atoms with Gasteiger partial charge in [0.1, 0.15) is 17.2 Å². The van der Waals surface area contributed by atoms with Gasteiger partial charge in [0.15, 0.2) is 0 Å². The molecule has 0 aliphatic carbocycles. The minimum absolute atomic E-state index is 0.781. The van der Waals surface area contributed by atoms with Crippen molar-refractivity contribution >= 4 is 0 Å². The maximum absolute atomic E-state index is 5.70. The number of methoxy groups -OCH3 is 1. The Hall–Kier alpha value is -1.96. The van der Waals surface area contributed by atoms with Crippen molar-refractivity contribution in [3.05, 3.63) is 54.1 Å². The zero-order valence-corrected chi connectivity index (χ0v) is 9.44. The number of hydrogen-bond acceptors (Lipinski definition) is 2. The molecule has 0 unspecified atom stereocenters. The first-order chi connectivity index (χ1) is 7.78. The molecule has 0 bridgehead atoms. The van der Waals surface area contributed by atoms with Crippen LogP contribution < -0.4 is 9.47 Å². The summed E-state index contributed by atoms with van der Waals surface area (Å²) in [6.45, 7) is 2.05. The van der Waals surface area contributed by atoms with Crippen LogP contribution in [0.2, 0.25) is 0 Å². The first kappa shape index (κ1) is 10.6. The Balaban J connectivity index is 2.16. The largest absolute Gasteiger partial charge is 0.497 e. The van der Waals surface area contributed by atoms with Gasteiger partial charge < -0.3 is 9.47 Å². The van der Waals surface area contributed by atoms with E-state index in [0.29, 0.717) is 0 Å². The lowest BCUT2D eigenvalue weighted by Gasteiger charge is -2.07. The molecule has 0 spiro atoms. The Morgan fingerprint density at radius 1 is 0.812 bits per heavy atom. The van der Waals surface area contributed by atoms with Crippen molar-refractivity contribution in [1.29, 1.82) is 0 Å². The van der Waals surface area contributed by atoms with Gasteiger partial charge in [0, 0.05) is 6.07 Å². The van der Waals surface area contributed by atoms with Gasteiger partial charge in [-0.2, -0.15) is 0 Å². The first-order valence-electron chi connectivity index (χ1n) is 5.16. The van der Waals surface area contributed by atoms with Crippen LogP contribution in [0.15, 0.2) is 48.5 Å². The lowest BCUT2D eigenvalue weighted by atomic mass is 10.2. The standard InChI is InChI=1S/C14H14O2/c1-11-6-8-12(9-7-11)16-14-5-3-4-13(10-14)15-2/h3-10H,1-2H3. The van der Waals surface area contributed by atoms with Crippen LogP contribution in [0.25, 0.3) is 0 Å². The van der Waals surface area contributed by atoms with Crippen molar-refractivity contribution in [3.63, 3.8) is 0 Å². The van der Waals surface area contributed by atoms with Crippen LogP contribution in [0.3, 0.4) is 0 Å². The van der Waals surface area contributed by atoms with Gasteiger partial charge in [-0.1, -0.05) is 23.8 Å². The highest BCUT2D eigenvalue weighted by molar-refractivity contribution is 5.37. The summed E-state index contributed by atoms with van der Waals surface area (Å²) in [6.07, 6.45) is 0. The van der Waals surface area contributed by atoms with Crippen molar-refractivity contribution in [2.45, 2.75) is 6.92 Å². The smallest absolute Gasteiger partial charge is 0.131 e. The molecule has 0 atom stereocenters. The molecule has 2 aromatic carbocycles. The summed E-state index contributed by atoms with van der Waals surface area (Å²) < 4.78 is 10.8. The molecular formula is C14H14O2. The van der Waals surface area contributed by atoms with Crippen LogP contribution in [0.1, 0.15) is 5.56 Å². The average molecular weight is 214 g/mol. The maximum atomic E-state index is 5.70. The predicted octanol–water partition coefficient (Wildman–Crippen LogP) is 3.80. The van der Waals surface area contributed by atoms with Crippen LogP contribution in [0.4, 0.5) is 0 Å². The molecule has 0 saturated carbocycles. The quantitative estimate of drug-likeness (QED) is 0.773. The molecule has 16 heavy (non-hydrogen) atoms. The highest BCUT2D eigenvalue weighted by Gasteiger charge is 1.98. The molecule has 0 heterocycles. The lowest BCUT2D eigenvalue weighted by molar-refractivity contribution is 0.409. The van der Waals surface area contributed by atoms with Gasteiger partial charge in [0.25, 0.3) is 0 Å². The summed E-state index contributed by atoms with van der Waals surface area (Å²) in [4.78, 5) is 0. The van der Waals surface area contributed by atoms with Gasteiger partial charge in [0.2, 0.25) is 0 Å². The maximum Gasteiger partial charge on any atom is 0.131 e. The van der Waals surface area contributed by atoms with Crippen LogP contribution >= 0.6 is 0 Å². The molecule has 0 saturated heterocycles. The average Bonchev–Trinajstić information content (AvgIpc) is 2.32. The fourth-order valence-electron chi connectivity index (χ4n) is 1.41. The van der Waals surface area contributed by atoms with E-state index in [9.17, 15) is 0 Å².